The normalized spacial score (nSPS) is 12.2. The standard InChI is InChI=1S/C14H24N2OS/c1-4-6-17-14-9-12(15)8-13(10-14)16-11(2)5-7-18-3/h8-11,16H,4-7,15H2,1-3H3. The smallest absolute Gasteiger partial charge is 0.123 e. The van der Waals surface area contributed by atoms with Gasteiger partial charge in [-0.3, -0.25) is 0 Å². The molecular formula is C14H24N2OS. The number of nitrogens with two attached hydrogens (primary N) is 1. The van der Waals surface area contributed by atoms with E-state index in [1.165, 1.54) is 0 Å². The topological polar surface area (TPSA) is 47.3 Å². The second-order valence-electron chi connectivity index (χ2n) is 4.47. The first-order valence-electron chi connectivity index (χ1n) is 6.44. The van der Waals surface area contributed by atoms with Crippen LogP contribution >= 0.6 is 11.8 Å². The number of benzene rings is 1. The molecule has 102 valence electrons. The molecule has 0 heterocycles. The maximum absolute atomic E-state index is 5.88. The summed E-state index contributed by atoms with van der Waals surface area (Å²) in [5.41, 5.74) is 7.66. The van der Waals surface area contributed by atoms with Gasteiger partial charge in [0.2, 0.25) is 0 Å². The minimum Gasteiger partial charge on any atom is -0.493 e. The van der Waals surface area contributed by atoms with Crippen LogP contribution in [-0.4, -0.2) is 24.7 Å². The van der Waals surface area contributed by atoms with E-state index in [4.69, 9.17) is 10.5 Å². The predicted octanol–water partition coefficient (Wildman–Crippen LogP) is 3.61. The molecule has 3 N–H and O–H groups in total. The van der Waals surface area contributed by atoms with Crippen LogP contribution in [0.2, 0.25) is 0 Å². The third-order valence-electron chi connectivity index (χ3n) is 2.57. The highest BCUT2D eigenvalue weighted by atomic mass is 32.2. The lowest BCUT2D eigenvalue weighted by molar-refractivity contribution is 0.318. The molecule has 0 aliphatic heterocycles. The Morgan fingerprint density at radius 3 is 2.83 bits per heavy atom. The lowest BCUT2D eigenvalue weighted by atomic mass is 10.2. The van der Waals surface area contributed by atoms with Crippen LogP contribution in [-0.2, 0) is 0 Å². The summed E-state index contributed by atoms with van der Waals surface area (Å²) in [6, 6.07) is 6.28. The summed E-state index contributed by atoms with van der Waals surface area (Å²) >= 11 is 1.87. The Kier molecular flexibility index (Phi) is 6.80. The average Bonchev–Trinajstić information content (AvgIpc) is 2.33. The molecule has 0 radical (unpaired) electrons. The van der Waals surface area contributed by atoms with E-state index in [1.807, 2.05) is 30.0 Å². The molecule has 0 saturated heterocycles. The van der Waals surface area contributed by atoms with E-state index in [0.29, 0.717) is 6.04 Å². The van der Waals surface area contributed by atoms with E-state index in [9.17, 15) is 0 Å². The van der Waals surface area contributed by atoms with E-state index < -0.39 is 0 Å². The van der Waals surface area contributed by atoms with Crippen molar-refractivity contribution >= 4 is 23.1 Å². The van der Waals surface area contributed by atoms with E-state index in [-0.39, 0.29) is 0 Å². The van der Waals surface area contributed by atoms with Gasteiger partial charge in [0.25, 0.3) is 0 Å². The Hall–Kier alpha value is -1.03. The number of anilines is 2. The second-order valence-corrected chi connectivity index (χ2v) is 5.45. The van der Waals surface area contributed by atoms with Gasteiger partial charge in [-0.15, -0.1) is 0 Å². The lowest BCUT2D eigenvalue weighted by Gasteiger charge is -2.16. The van der Waals surface area contributed by atoms with Crippen molar-refractivity contribution < 1.29 is 4.74 Å². The summed E-state index contributed by atoms with van der Waals surface area (Å²) in [6.07, 6.45) is 4.27. The summed E-state index contributed by atoms with van der Waals surface area (Å²) in [4.78, 5) is 0. The fourth-order valence-electron chi connectivity index (χ4n) is 1.66. The zero-order chi connectivity index (χ0) is 13.4. The third kappa shape index (κ3) is 5.54. The van der Waals surface area contributed by atoms with Crippen molar-refractivity contribution in [1.29, 1.82) is 0 Å². The van der Waals surface area contributed by atoms with Crippen molar-refractivity contribution in [2.24, 2.45) is 0 Å². The maximum atomic E-state index is 5.88. The minimum atomic E-state index is 0.443. The monoisotopic (exact) mass is 268 g/mol. The predicted molar refractivity (Wildman–Crippen MR) is 82.7 cm³/mol. The van der Waals surface area contributed by atoms with Crippen LogP contribution in [0.5, 0.6) is 5.75 Å². The summed E-state index contributed by atoms with van der Waals surface area (Å²) in [6.45, 7) is 5.01. The van der Waals surface area contributed by atoms with Crippen LogP contribution in [0.25, 0.3) is 0 Å². The third-order valence-corrected chi connectivity index (χ3v) is 3.21. The van der Waals surface area contributed by atoms with Gasteiger partial charge in [-0.05, 0) is 37.8 Å². The Balaban J connectivity index is 2.61. The van der Waals surface area contributed by atoms with Crippen molar-refractivity contribution in [2.75, 3.05) is 29.7 Å². The molecule has 0 aromatic heterocycles. The molecule has 0 bridgehead atoms. The molecule has 1 rings (SSSR count). The Bertz CT molecular complexity index is 358. The number of thioether (sulfide) groups is 1. The quantitative estimate of drug-likeness (QED) is 0.707. The second kappa shape index (κ2) is 8.14. The number of hydrogen-bond donors (Lipinski definition) is 2. The molecule has 18 heavy (non-hydrogen) atoms. The number of nitrogens with one attached hydrogen (secondary N) is 1. The van der Waals surface area contributed by atoms with Gasteiger partial charge in [0.15, 0.2) is 0 Å². The highest BCUT2D eigenvalue weighted by Crippen LogP contribution is 2.23. The Morgan fingerprint density at radius 1 is 1.39 bits per heavy atom. The van der Waals surface area contributed by atoms with E-state index >= 15 is 0 Å². The summed E-state index contributed by atoms with van der Waals surface area (Å²) in [5.74, 6) is 2.01. The Morgan fingerprint density at radius 2 is 2.17 bits per heavy atom. The zero-order valence-corrected chi connectivity index (χ0v) is 12.3. The summed E-state index contributed by atoms with van der Waals surface area (Å²) < 4.78 is 5.62. The summed E-state index contributed by atoms with van der Waals surface area (Å²) in [5, 5.41) is 3.46. The number of ether oxygens (including phenoxy) is 1. The van der Waals surface area contributed by atoms with Gasteiger partial charge in [0.05, 0.1) is 6.61 Å². The van der Waals surface area contributed by atoms with Gasteiger partial charge in [0, 0.05) is 29.5 Å². The van der Waals surface area contributed by atoms with E-state index in [1.54, 1.807) is 0 Å². The van der Waals surface area contributed by atoms with Gasteiger partial charge in [-0.25, -0.2) is 0 Å². The molecule has 0 fully saturated rings. The first-order valence-corrected chi connectivity index (χ1v) is 7.84. The number of rotatable bonds is 8. The zero-order valence-electron chi connectivity index (χ0n) is 11.5. The van der Waals surface area contributed by atoms with Crippen LogP contribution in [0.4, 0.5) is 11.4 Å². The van der Waals surface area contributed by atoms with Crippen LogP contribution in [0.1, 0.15) is 26.7 Å². The van der Waals surface area contributed by atoms with Crippen molar-refractivity contribution in [1.82, 2.24) is 0 Å². The van der Waals surface area contributed by atoms with E-state index in [2.05, 4.69) is 25.4 Å². The van der Waals surface area contributed by atoms with Gasteiger partial charge in [0.1, 0.15) is 5.75 Å². The molecule has 0 aliphatic carbocycles. The van der Waals surface area contributed by atoms with Crippen molar-refractivity contribution in [3.05, 3.63) is 18.2 Å². The van der Waals surface area contributed by atoms with Gasteiger partial charge >= 0.3 is 0 Å². The molecule has 1 aromatic rings. The molecule has 0 amide bonds. The highest BCUT2D eigenvalue weighted by Gasteiger charge is 2.04. The molecule has 1 atom stereocenters. The summed E-state index contributed by atoms with van der Waals surface area (Å²) in [7, 11) is 0. The molecule has 4 heteroatoms. The highest BCUT2D eigenvalue weighted by molar-refractivity contribution is 7.98. The van der Waals surface area contributed by atoms with Crippen LogP contribution in [0.15, 0.2) is 18.2 Å². The van der Waals surface area contributed by atoms with Crippen molar-refractivity contribution in [3.8, 4) is 5.75 Å². The van der Waals surface area contributed by atoms with Crippen LogP contribution < -0.4 is 15.8 Å². The maximum Gasteiger partial charge on any atom is 0.123 e. The van der Waals surface area contributed by atoms with Crippen LogP contribution in [0.3, 0.4) is 0 Å². The largest absolute Gasteiger partial charge is 0.493 e. The molecule has 1 unspecified atom stereocenters. The fraction of sp³-hybridized carbons (Fsp3) is 0.571. The first-order chi connectivity index (χ1) is 8.65. The fourth-order valence-corrected chi connectivity index (χ4v) is 2.25. The molecule has 1 aromatic carbocycles. The lowest BCUT2D eigenvalue weighted by Crippen LogP contribution is -2.16. The SMILES string of the molecule is CCCOc1cc(N)cc(NC(C)CCSC)c1. The Labute approximate surface area is 114 Å². The average molecular weight is 268 g/mol. The molecular weight excluding hydrogens is 244 g/mol. The van der Waals surface area contributed by atoms with E-state index in [0.717, 1.165) is 42.3 Å². The van der Waals surface area contributed by atoms with Gasteiger partial charge in [-0.2, -0.15) is 11.8 Å². The number of hydrogen-bond acceptors (Lipinski definition) is 4. The van der Waals surface area contributed by atoms with Gasteiger partial charge in [-0.1, -0.05) is 6.92 Å². The first kappa shape index (κ1) is 15.0. The minimum absolute atomic E-state index is 0.443. The van der Waals surface area contributed by atoms with Crippen molar-refractivity contribution in [2.45, 2.75) is 32.7 Å². The molecule has 0 aliphatic rings. The van der Waals surface area contributed by atoms with Gasteiger partial charge < -0.3 is 15.8 Å². The molecule has 0 saturated carbocycles. The van der Waals surface area contributed by atoms with Crippen molar-refractivity contribution in [3.63, 3.8) is 0 Å². The van der Waals surface area contributed by atoms with Crippen LogP contribution in [0, 0.1) is 0 Å². The molecule has 3 nitrogen and oxygen atoms in total. The number of nitrogen functional groups attached to an aromatic ring is 1. The molecule has 0 spiro atoms.